The second-order valence-electron chi connectivity index (χ2n) is 3.42. The summed E-state index contributed by atoms with van der Waals surface area (Å²) in [7, 11) is 0. The van der Waals surface area contributed by atoms with Crippen molar-refractivity contribution in [3.63, 3.8) is 0 Å². The van der Waals surface area contributed by atoms with Crippen LogP contribution in [0.3, 0.4) is 0 Å². The van der Waals surface area contributed by atoms with E-state index >= 15 is 0 Å². The number of rotatable bonds is 7. The van der Waals surface area contributed by atoms with Gasteiger partial charge in [-0.1, -0.05) is 6.92 Å². The van der Waals surface area contributed by atoms with Gasteiger partial charge in [-0.05, 0) is 11.7 Å². The zero-order chi connectivity index (χ0) is 11.8. The maximum Gasteiger partial charge on any atom is 0.327 e. The Hall–Kier alpha value is -0.750. The standard InChI is InChI=1S/C9H17NO4S/c1-6(3-11)4-15-5-8(9(13)14)10-7(2)12/h6,8,11H,3-5H2,1-2H3,(H,10,12)(H,13,14). The third-order valence-corrected chi connectivity index (χ3v) is 3.05. The molecule has 1 amide bonds. The first-order valence-electron chi connectivity index (χ1n) is 4.65. The first kappa shape index (κ1) is 14.2. The van der Waals surface area contributed by atoms with Crippen LogP contribution < -0.4 is 5.32 Å². The lowest BCUT2D eigenvalue weighted by molar-refractivity contribution is -0.140. The Morgan fingerprint density at radius 3 is 2.40 bits per heavy atom. The molecule has 0 aromatic carbocycles. The van der Waals surface area contributed by atoms with Gasteiger partial charge in [-0.25, -0.2) is 4.79 Å². The zero-order valence-corrected chi connectivity index (χ0v) is 9.71. The van der Waals surface area contributed by atoms with Crippen molar-refractivity contribution in [1.29, 1.82) is 0 Å². The fourth-order valence-electron chi connectivity index (χ4n) is 0.860. The average molecular weight is 235 g/mol. The Labute approximate surface area is 93.2 Å². The van der Waals surface area contributed by atoms with Crippen LogP contribution in [0.25, 0.3) is 0 Å². The summed E-state index contributed by atoms with van der Waals surface area (Å²) in [6.45, 7) is 3.25. The highest BCUT2D eigenvalue weighted by atomic mass is 32.2. The minimum Gasteiger partial charge on any atom is -0.480 e. The Balaban J connectivity index is 3.86. The first-order chi connectivity index (χ1) is 6.97. The summed E-state index contributed by atoms with van der Waals surface area (Å²) in [6.07, 6.45) is 0. The minimum atomic E-state index is -1.03. The van der Waals surface area contributed by atoms with Crippen molar-refractivity contribution in [3.8, 4) is 0 Å². The molecule has 3 N–H and O–H groups in total. The van der Waals surface area contributed by atoms with Crippen molar-refractivity contribution >= 4 is 23.6 Å². The zero-order valence-electron chi connectivity index (χ0n) is 8.90. The second-order valence-corrected chi connectivity index (χ2v) is 4.49. The molecule has 0 radical (unpaired) electrons. The van der Waals surface area contributed by atoms with Crippen molar-refractivity contribution in [2.75, 3.05) is 18.1 Å². The average Bonchev–Trinajstić information content (AvgIpc) is 2.15. The maximum absolute atomic E-state index is 10.7. The molecular weight excluding hydrogens is 218 g/mol. The van der Waals surface area contributed by atoms with E-state index in [0.717, 1.165) is 0 Å². The van der Waals surface area contributed by atoms with Gasteiger partial charge >= 0.3 is 5.97 Å². The van der Waals surface area contributed by atoms with E-state index < -0.39 is 12.0 Å². The summed E-state index contributed by atoms with van der Waals surface area (Å²) < 4.78 is 0. The quantitative estimate of drug-likeness (QED) is 0.575. The van der Waals surface area contributed by atoms with Gasteiger partial charge in [0, 0.05) is 19.3 Å². The molecule has 5 nitrogen and oxygen atoms in total. The lowest BCUT2D eigenvalue weighted by Crippen LogP contribution is -2.41. The van der Waals surface area contributed by atoms with Gasteiger partial charge in [-0.2, -0.15) is 11.8 Å². The fraction of sp³-hybridized carbons (Fsp3) is 0.778. The summed E-state index contributed by atoms with van der Waals surface area (Å²) in [5.41, 5.74) is 0. The van der Waals surface area contributed by atoms with Crippen LogP contribution in [0.2, 0.25) is 0 Å². The Bertz CT molecular complexity index is 222. The summed E-state index contributed by atoms with van der Waals surface area (Å²) in [6, 6.07) is -0.849. The Morgan fingerprint density at radius 2 is 2.00 bits per heavy atom. The number of carboxylic acid groups (broad SMARTS) is 1. The molecule has 0 heterocycles. The molecule has 0 saturated heterocycles. The summed E-state index contributed by atoms with van der Waals surface area (Å²) in [4.78, 5) is 21.4. The summed E-state index contributed by atoms with van der Waals surface area (Å²) in [5, 5.41) is 19.9. The summed E-state index contributed by atoms with van der Waals surface area (Å²) in [5.74, 6) is -0.242. The molecule has 88 valence electrons. The van der Waals surface area contributed by atoms with Gasteiger partial charge < -0.3 is 15.5 Å². The van der Waals surface area contributed by atoms with Crippen LogP contribution in [-0.4, -0.2) is 46.2 Å². The molecular formula is C9H17NO4S. The molecule has 2 atom stereocenters. The van der Waals surface area contributed by atoms with Gasteiger partial charge in [0.05, 0.1) is 0 Å². The predicted octanol–water partition coefficient (Wildman–Crippen LogP) is -0.0627. The van der Waals surface area contributed by atoms with Crippen molar-refractivity contribution in [2.24, 2.45) is 5.92 Å². The van der Waals surface area contributed by atoms with E-state index in [-0.39, 0.29) is 18.4 Å². The molecule has 15 heavy (non-hydrogen) atoms. The number of carboxylic acids is 1. The number of hydrogen-bond acceptors (Lipinski definition) is 4. The number of thioether (sulfide) groups is 1. The number of nitrogens with one attached hydrogen (secondary N) is 1. The highest BCUT2D eigenvalue weighted by molar-refractivity contribution is 7.99. The summed E-state index contributed by atoms with van der Waals surface area (Å²) >= 11 is 1.41. The molecule has 0 aromatic heterocycles. The van der Waals surface area contributed by atoms with E-state index in [4.69, 9.17) is 10.2 Å². The minimum absolute atomic E-state index is 0.0882. The van der Waals surface area contributed by atoms with Crippen LogP contribution >= 0.6 is 11.8 Å². The van der Waals surface area contributed by atoms with E-state index in [9.17, 15) is 9.59 Å². The van der Waals surface area contributed by atoms with E-state index in [1.165, 1.54) is 18.7 Å². The molecule has 0 fully saturated rings. The Kier molecular flexibility index (Phi) is 7.15. The number of aliphatic hydroxyl groups is 1. The normalized spacial score (nSPS) is 14.3. The molecule has 0 spiro atoms. The number of hydrogen-bond donors (Lipinski definition) is 3. The van der Waals surface area contributed by atoms with Gasteiger partial charge in [0.15, 0.2) is 0 Å². The Morgan fingerprint density at radius 1 is 1.40 bits per heavy atom. The topological polar surface area (TPSA) is 86.6 Å². The molecule has 6 heteroatoms. The van der Waals surface area contributed by atoms with Crippen LogP contribution in [0.4, 0.5) is 0 Å². The van der Waals surface area contributed by atoms with Crippen molar-refractivity contribution in [1.82, 2.24) is 5.32 Å². The third-order valence-electron chi connectivity index (χ3n) is 1.67. The molecule has 0 rings (SSSR count). The van der Waals surface area contributed by atoms with Gasteiger partial charge in [-0.3, -0.25) is 4.79 Å². The van der Waals surface area contributed by atoms with Gasteiger partial charge in [0.1, 0.15) is 6.04 Å². The largest absolute Gasteiger partial charge is 0.480 e. The molecule has 2 unspecified atom stereocenters. The van der Waals surface area contributed by atoms with Crippen molar-refractivity contribution in [3.05, 3.63) is 0 Å². The maximum atomic E-state index is 10.7. The molecule has 0 aromatic rings. The van der Waals surface area contributed by atoms with E-state index in [1.807, 2.05) is 6.92 Å². The number of carbonyl (C=O) groups excluding carboxylic acids is 1. The van der Waals surface area contributed by atoms with Crippen LogP contribution in [0.5, 0.6) is 0 Å². The molecule has 0 aliphatic carbocycles. The lowest BCUT2D eigenvalue weighted by Gasteiger charge is -2.13. The molecule has 0 saturated carbocycles. The number of aliphatic hydroxyl groups excluding tert-OH is 1. The van der Waals surface area contributed by atoms with Crippen LogP contribution in [0.1, 0.15) is 13.8 Å². The molecule has 0 aliphatic heterocycles. The molecule has 0 bridgehead atoms. The van der Waals surface area contributed by atoms with Crippen molar-refractivity contribution in [2.45, 2.75) is 19.9 Å². The third kappa shape index (κ3) is 7.21. The van der Waals surface area contributed by atoms with Gasteiger partial charge in [-0.15, -0.1) is 0 Å². The van der Waals surface area contributed by atoms with Crippen LogP contribution in [0, 0.1) is 5.92 Å². The SMILES string of the molecule is CC(=O)NC(CSCC(C)CO)C(=O)O. The smallest absolute Gasteiger partial charge is 0.327 e. The van der Waals surface area contributed by atoms with Crippen molar-refractivity contribution < 1.29 is 19.8 Å². The van der Waals surface area contributed by atoms with Crippen LogP contribution in [-0.2, 0) is 9.59 Å². The van der Waals surface area contributed by atoms with Gasteiger partial charge in [0.2, 0.25) is 5.91 Å². The number of amides is 1. The predicted molar refractivity (Wildman–Crippen MR) is 58.8 cm³/mol. The number of aliphatic carboxylic acids is 1. The van der Waals surface area contributed by atoms with E-state index in [0.29, 0.717) is 11.5 Å². The van der Waals surface area contributed by atoms with Crippen LogP contribution in [0.15, 0.2) is 0 Å². The second kappa shape index (κ2) is 7.53. The van der Waals surface area contributed by atoms with E-state index in [2.05, 4.69) is 5.32 Å². The lowest BCUT2D eigenvalue weighted by atomic mass is 10.2. The highest BCUT2D eigenvalue weighted by Gasteiger charge is 2.18. The fourth-order valence-corrected chi connectivity index (χ4v) is 1.97. The highest BCUT2D eigenvalue weighted by Crippen LogP contribution is 2.09. The van der Waals surface area contributed by atoms with E-state index in [1.54, 1.807) is 0 Å². The first-order valence-corrected chi connectivity index (χ1v) is 5.81. The monoisotopic (exact) mass is 235 g/mol. The number of carbonyl (C=O) groups is 2. The van der Waals surface area contributed by atoms with Gasteiger partial charge in [0.25, 0.3) is 0 Å². The molecule has 0 aliphatic rings.